The van der Waals surface area contributed by atoms with E-state index in [0.717, 1.165) is 25.7 Å². The second kappa shape index (κ2) is 10.2. The first kappa shape index (κ1) is 21.1. The number of ether oxygens (including phenoxy) is 3. The van der Waals surface area contributed by atoms with Crippen molar-refractivity contribution in [1.82, 2.24) is 5.32 Å². The molecule has 0 aromatic heterocycles. The highest BCUT2D eigenvalue weighted by Gasteiger charge is 2.22. The van der Waals surface area contributed by atoms with E-state index in [-0.39, 0.29) is 11.9 Å². The molecule has 1 amide bonds. The lowest BCUT2D eigenvalue weighted by Crippen LogP contribution is -2.40. The van der Waals surface area contributed by atoms with E-state index >= 15 is 0 Å². The number of benzene rings is 1. The molecule has 1 aromatic carbocycles. The van der Waals surface area contributed by atoms with E-state index < -0.39 is 12.1 Å². The van der Waals surface area contributed by atoms with E-state index in [1.807, 2.05) is 6.92 Å². The lowest BCUT2D eigenvalue weighted by Gasteiger charge is -2.16. The van der Waals surface area contributed by atoms with Crippen molar-refractivity contribution in [3.63, 3.8) is 0 Å². The first-order chi connectivity index (χ1) is 12.9. The Kier molecular flexibility index (Phi) is 7.98. The van der Waals surface area contributed by atoms with Crippen molar-refractivity contribution >= 4 is 29.6 Å². The average Bonchev–Trinajstić information content (AvgIpc) is 3.13. The zero-order valence-corrected chi connectivity index (χ0v) is 16.7. The van der Waals surface area contributed by atoms with Crippen LogP contribution in [0.3, 0.4) is 0 Å². The highest BCUT2D eigenvalue weighted by atomic mass is 35.5. The zero-order valence-electron chi connectivity index (χ0n) is 15.9. The minimum Gasteiger partial charge on any atom is -0.491 e. The Morgan fingerprint density at radius 2 is 2.04 bits per heavy atom. The molecule has 1 saturated carbocycles. The maximum absolute atomic E-state index is 12.1. The van der Waals surface area contributed by atoms with Gasteiger partial charge in [-0.3, -0.25) is 4.79 Å². The van der Waals surface area contributed by atoms with Crippen LogP contribution in [0.15, 0.2) is 18.2 Å². The quantitative estimate of drug-likeness (QED) is 0.536. The largest absolute Gasteiger partial charge is 0.491 e. The highest BCUT2D eigenvalue weighted by Crippen LogP contribution is 2.36. The summed E-state index contributed by atoms with van der Waals surface area (Å²) >= 11 is 6.18. The van der Waals surface area contributed by atoms with Crippen LogP contribution in [0.4, 0.5) is 0 Å². The van der Waals surface area contributed by atoms with Gasteiger partial charge in [-0.15, -0.1) is 0 Å². The van der Waals surface area contributed by atoms with Crippen molar-refractivity contribution in [1.29, 1.82) is 0 Å². The molecular weight excluding hydrogens is 370 g/mol. The van der Waals surface area contributed by atoms with Crippen molar-refractivity contribution in [2.24, 2.45) is 0 Å². The van der Waals surface area contributed by atoms with Crippen molar-refractivity contribution in [2.45, 2.75) is 51.7 Å². The third kappa shape index (κ3) is 6.17. The van der Waals surface area contributed by atoms with Crippen LogP contribution in [-0.4, -0.2) is 37.7 Å². The van der Waals surface area contributed by atoms with Gasteiger partial charge in [0.15, 0.2) is 17.6 Å². The van der Waals surface area contributed by atoms with E-state index in [9.17, 15) is 9.59 Å². The first-order valence-corrected chi connectivity index (χ1v) is 9.51. The number of methoxy groups -OCH3 is 1. The summed E-state index contributed by atoms with van der Waals surface area (Å²) in [5.41, 5.74) is 0.657. The minimum absolute atomic E-state index is 0.188. The molecule has 0 spiro atoms. The predicted molar refractivity (Wildman–Crippen MR) is 104 cm³/mol. The Morgan fingerprint density at radius 1 is 1.33 bits per heavy atom. The Bertz CT molecular complexity index is 698. The second-order valence-corrected chi connectivity index (χ2v) is 6.78. The van der Waals surface area contributed by atoms with Gasteiger partial charge in [0.1, 0.15) is 0 Å². The molecule has 148 valence electrons. The lowest BCUT2D eigenvalue weighted by molar-refractivity contribution is -0.150. The van der Waals surface area contributed by atoms with E-state index in [1.54, 1.807) is 25.1 Å². The van der Waals surface area contributed by atoms with Crippen molar-refractivity contribution in [2.75, 3.05) is 13.7 Å². The van der Waals surface area contributed by atoms with Gasteiger partial charge in [-0.1, -0.05) is 24.4 Å². The molecule has 0 aliphatic heterocycles. The predicted octanol–water partition coefficient (Wildman–Crippen LogP) is 3.75. The SMILES string of the molecule is CCOc1cc(/C=C/C(=O)O[C@H](C)C(=O)NC2CCCC2)cc(Cl)c1OC. The highest BCUT2D eigenvalue weighted by molar-refractivity contribution is 6.32. The van der Waals surface area contributed by atoms with Crippen LogP contribution in [0.5, 0.6) is 11.5 Å². The van der Waals surface area contributed by atoms with Gasteiger partial charge in [0, 0.05) is 12.1 Å². The summed E-state index contributed by atoms with van der Waals surface area (Å²) in [6, 6.07) is 3.56. The fourth-order valence-corrected chi connectivity index (χ4v) is 3.26. The molecule has 1 fully saturated rings. The number of nitrogens with one attached hydrogen (secondary N) is 1. The summed E-state index contributed by atoms with van der Waals surface area (Å²) in [6.45, 7) is 3.87. The fraction of sp³-hybridized carbons (Fsp3) is 0.500. The molecule has 0 radical (unpaired) electrons. The third-order valence-corrected chi connectivity index (χ3v) is 4.59. The molecule has 0 saturated heterocycles. The maximum atomic E-state index is 12.1. The molecule has 1 atom stereocenters. The summed E-state index contributed by atoms with van der Waals surface area (Å²) in [7, 11) is 1.51. The smallest absolute Gasteiger partial charge is 0.331 e. The molecule has 1 aliphatic rings. The fourth-order valence-electron chi connectivity index (χ4n) is 2.97. The third-order valence-electron chi connectivity index (χ3n) is 4.31. The van der Waals surface area contributed by atoms with Gasteiger partial charge >= 0.3 is 5.97 Å². The normalized spacial score (nSPS) is 15.6. The number of hydrogen-bond donors (Lipinski definition) is 1. The molecule has 2 rings (SSSR count). The average molecular weight is 396 g/mol. The van der Waals surface area contributed by atoms with Crippen LogP contribution >= 0.6 is 11.6 Å². The molecule has 1 aliphatic carbocycles. The Balaban J connectivity index is 1.96. The van der Waals surface area contributed by atoms with Crippen molar-refractivity contribution < 1.29 is 23.8 Å². The second-order valence-electron chi connectivity index (χ2n) is 6.37. The molecule has 27 heavy (non-hydrogen) atoms. The minimum atomic E-state index is -0.846. The topological polar surface area (TPSA) is 73.9 Å². The van der Waals surface area contributed by atoms with Gasteiger partial charge in [-0.25, -0.2) is 4.79 Å². The summed E-state index contributed by atoms with van der Waals surface area (Å²) in [6.07, 6.45) is 6.16. The number of carbonyl (C=O) groups is 2. The number of carbonyl (C=O) groups excluding carboxylic acids is 2. The van der Waals surface area contributed by atoms with Crippen LogP contribution in [0.1, 0.15) is 45.1 Å². The van der Waals surface area contributed by atoms with Crippen LogP contribution < -0.4 is 14.8 Å². The molecule has 1 N–H and O–H groups in total. The van der Waals surface area contributed by atoms with Gasteiger partial charge < -0.3 is 19.5 Å². The van der Waals surface area contributed by atoms with Gasteiger partial charge in [-0.2, -0.15) is 0 Å². The molecule has 0 bridgehead atoms. The Hall–Kier alpha value is -2.21. The lowest BCUT2D eigenvalue weighted by atomic mass is 10.2. The monoisotopic (exact) mass is 395 g/mol. The number of hydrogen-bond acceptors (Lipinski definition) is 5. The first-order valence-electron chi connectivity index (χ1n) is 9.14. The van der Waals surface area contributed by atoms with Crippen LogP contribution in [0.25, 0.3) is 6.08 Å². The maximum Gasteiger partial charge on any atom is 0.331 e. The van der Waals surface area contributed by atoms with Crippen LogP contribution in [0.2, 0.25) is 5.02 Å². The van der Waals surface area contributed by atoms with Crippen LogP contribution in [0, 0.1) is 0 Å². The van der Waals surface area contributed by atoms with Crippen molar-refractivity contribution in [3.8, 4) is 11.5 Å². The molecule has 1 aromatic rings. The summed E-state index contributed by atoms with van der Waals surface area (Å²) in [5.74, 6) is 0.0593. The van der Waals surface area contributed by atoms with E-state index in [1.165, 1.54) is 13.2 Å². The van der Waals surface area contributed by atoms with Gasteiger partial charge in [0.2, 0.25) is 0 Å². The van der Waals surface area contributed by atoms with E-state index in [4.69, 9.17) is 25.8 Å². The molecule has 7 heteroatoms. The Labute approximate surface area is 164 Å². The summed E-state index contributed by atoms with van der Waals surface area (Å²) in [4.78, 5) is 24.1. The van der Waals surface area contributed by atoms with Crippen molar-refractivity contribution in [3.05, 3.63) is 28.8 Å². The summed E-state index contributed by atoms with van der Waals surface area (Å²) in [5, 5.41) is 3.29. The molecule has 0 unspecified atom stereocenters. The van der Waals surface area contributed by atoms with Gasteiger partial charge in [0.05, 0.1) is 18.7 Å². The molecular formula is C20H26ClNO5. The van der Waals surface area contributed by atoms with E-state index in [2.05, 4.69) is 5.32 Å². The molecule has 6 nitrogen and oxygen atoms in total. The molecule has 0 heterocycles. The zero-order chi connectivity index (χ0) is 19.8. The van der Waals surface area contributed by atoms with Gasteiger partial charge in [0.25, 0.3) is 5.91 Å². The number of amides is 1. The van der Waals surface area contributed by atoms with Crippen LogP contribution in [-0.2, 0) is 14.3 Å². The van der Waals surface area contributed by atoms with E-state index in [0.29, 0.717) is 28.7 Å². The van der Waals surface area contributed by atoms with Gasteiger partial charge in [-0.05, 0) is 50.5 Å². The number of esters is 1. The standard InChI is InChI=1S/C20H26ClNO5/c1-4-26-17-12-14(11-16(21)19(17)25-3)9-10-18(23)27-13(2)20(24)22-15-7-5-6-8-15/h9-13,15H,4-8H2,1-3H3,(H,22,24)/b10-9+/t13-/m1/s1. The summed E-state index contributed by atoms with van der Waals surface area (Å²) < 4.78 is 15.9. The number of halogens is 1. The Morgan fingerprint density at radius 3 is 2.67 bits per heavy atom. The number of rotatable bonds is 8.